The van der Waals surface area contributed by atoms with E-state index < -0.39 is 0 Å². The van der Waals surface area contributed by atoms with E-state index in [0.29, 0.717) is 26.0 Å². The number of halogens is 2. The maximum absolute atomic E-state index is 12.6. The first-order chi connectivity index (χ1) is 14.3. The molecule has 2 bridgehead atoms. The molecular weight excluding hydrogens is 461 g/mol. The van der Waals surface area contributed by atoms with Crippen molar-refractivity contribution in [2.75, 3.05) is 18.4 Å². The normalized spacial score (nSPS) is 21.0. The van der Waals surface area contributed by atoms with Crippen molar-refractivity contribution in [3.05, 3.63) is 62.5 Å². The van der Waals surface area contributed by atoms with Crippen LogP contribution in [-0.2, 0) is 11.3 Å². The zero-order valence-electron chi connectivity index (χ0n) is 16.3. The molecule has 1 aromatic carbocycles. The number of thiocarbonyl (C=S) groups is 1. The molecule has 1 fully saturated rings. The van der Waals surface area contributed by atoms with Gasteiger partial charge < -0.3 is 14.8 Å². The molecule has 2 aromatic rings. The van der Waals surface area contributed by atoms with Crippen LogP contribution in [0.5, 0.6) is 0 Å². The topological polar surface area (TPSA) is 54.3 Å². The van der Waals surface area contributed by atoms with Crippen molar-refractivity contribution in [3.63, 3.8) is 0 Å². The lowest BCUT2D eigenvalue weighted by molar-refractivity contribution is -0.115. The van der Waals surface area contributed by atoms with Crippen LogP contribution in [0.2, 0.25) is 10.0 Å². The third kappa shape index (κ3) is 4.54. The van der Waals surface area contributed by atoms with Gasteiger partial charge in [-0.2, -0.15) is 0 Å². The van der Waals surface area contributed by atoms with Gasteiger partial charge in [-0.1, -0.05) is 53.2 Å². The zero-order chi connectivity index (χ0) is 21.4. The van der Waals surface area contributed by atoms with Gasteiger partial charge >= 0.3 is 0 Å². The fourth-order valence-electron chi connectivity index (χ4n) is 4.15. The smallest absolute Gasteiger partial charge is 0.250 e. The predicted octanol–water partition coefficient (Wildman–Crippen LogP) is 4.62. The van der Waals surface area contributed by atoms with E-state index in [1.54, 1.807) is 24.3 Å². The number of piperidine rings is 1. The molecular formula is C21H21Cl2N3O2S2. The van der Waals surface area contributed by atoms with Gasteiger partial charge in [-0.25, -0.2) is 0 Å². The van der Waals surface area contributed by atoms with Gasteiger partial charge in [0.2, 0.25) is 5.91 Å². The molecule has 1 saturated heterocycles. The number of benzene rings is 1. The summed E-state index contributed by atoms with van der Waals surface area (Å²) >= 11 is 19.1. The molecule has 0 spiro atoms. The Balaban J connectivity index is 1.39. The molecule has 4 rings (SSSR count). The molecule has 5 nitrogen and oxygen atoms in total. The van der Waals surface area contributed by atoms with Crippen LogP contribution < -0.4 is 10.9 Å². The highest BCUT2D eigenvalue weighted by atomic mass is 35.5. The van der Waals surface area contributed by atoms with Crippen LogP contribution in [-0.4, -0.2) is 38.0 Å². The number of amides is 1. The maximum Gasteiger partial charge on any atom is 0.250 e. The number of nitrogens with one attached hydrogen (secondary N) is 1. The van der Waals surface area contributed by atoms with E-state index in [4.69, 9.17) is 35.4 Å². The second kappa shape index (κ2) is 8.91. The highest BCUT2D eigenvalue weighted by Gasteiger charge is 2.35. The Bertz CT molecular complexity index is 1060. The Labute approximate surface area is 194 Å². The van der Waals surface area contributed by atoms with Crippen molar-refractivity contribution in [2.24, 2.45) is 5.92 Å². The number of fused-ring (bicyclic) bond motifs is 4. The highest BCUT2D eigenvalue weighted by Crippen LogP contribution is 2.36. The number of hydrogen-bond donors (Lipinski definition) is 1. The standard InChI is InChI=1S/C21H21Cl2N3O2S2/c1-12(20(28)24-17-6-5-15(22)8-16(17)23)30-21(29)25-9-13-7-14(11-25)18-3-2-4-19(27)26(18)10-13/h2-6,8,12-14H,7,9-11H2,1H3,(H,24,28)/t12-,13-,14-/m0/s1. The summed E-state index contributed by atoms with van der Waals surface area (Å²) in [5.41, 5.74) is 1.68. The SMILES string of the molecule is C[C@H](SC(=S)N1C[C@@H]2C[C@@H](C1)c1cccc(=O)n1C2)C(=O)Nc1ccc(Cl)cc1Cl. The Morgan fingerprint density at radius 3 is 2.80 bits per heavy atom. The minimum atomic E-state index is -0.374. The van der Waals surface area contributed by atoms with E-state index in [9.17, 15) is 9.59 Å². The second-order valence-corrected chi connectivity index (χ2v) is 10.6. The van der Waals surface area contributed by atoms with Crippen LogP contribution in [0.1, 0.15) is 25.0 Å². The fraction of sp³-hybridized carbons (Fsp3) is 0.381. The van der Waals surface area contributed by atoms with Crippen LogP contribution in [0.25, 0.3) is 0 Å². The predicted molar refractivity (Wildman–Crippen MR) is 128 cm³/mol. The van der Waals surface area contributed by atoms with Gasteiger partial charge in [0.1, 0.15) is 4.32 Å². The van der Waals surface area contributed by atoms with Crippen molar-refractivity contribution in [1.29, 1.82) is 0 Å². The highest BCUT2D eigenvalue weighted by molar-refractivity contribution is 8.23. The number of anilines is 1. The number of aromatic nitrogens is 1. The van der Waals surface area contributed by atoms with E-state index >= 15 is 0 Å². The van der Waals surface area contributed by atoms with Crippen molar-refractivity contribution in [2.45, 2.75) is 31.1 Å². The van der Waals surface area contributed by atoms with Crippen LogP contribution in [0, 0.1) is 5.92 Å². The molecule has 1 amide bonds. The Kier molecular flexibility index (Phi) is 6.44. The molecule has 3 heterocycles. The first-order valence-corrected chi connectivity index (χ1v) is 11.8. The van der Waals surface area contributed by atoms with Crippen molar-refractivity contribution >= 4 is 63.1 Å². The number of carbonyl (C=O) groups is 1. The Morgan fingerprint density at radius 1 is 1.23 bits per heavy atom. The Morgan fingerprint density at radius 2 is 2.03 bits per heavy atom. The Hall–Kier alpha value is -1.54. The molecule has 158 valence electrons. The maximum atomic E-state index is 12.6. The summed E-state index contributed by atoms with van der Waals surface area (Å²) in [6.45, 7) is 4.12. The number of hydrogen-bond acceptors (Lipinski definition) is 4. The van der Waals surface area contributed by atoms with Crippen molar-refractivity contribution in [3.8, 4) is 0 Å². The summed E-state index contributed by atoms with van der Waals surface area (Å²) in [5.74, 6) is 0.495. The molecule has 30 heavy (non-hydrogen) atoms. The van der Waals surface area contributed by atoms with Gasteiger partial charge in [-0.05, 0) is 43.5 Å². The lowest BCUT2D eigenvalue weighted by atomic mass is 9.83. The van der Waals surface area contributed by atoms with Crippen molar-refractivity contribution in [1.82, 2.24) is 9.47 Å². The molecule has 3 atom stereocenters. The van der Waals surface area contributed by atoms with Gasteiger partial charge in [0.15, 0.2) is 0 Å². The third-order valence-electron chi connectivity index (χ3n) is 5.57. The number of rotatable bonds is 3. The molecule has 2 aliphatic heterocycles. The number of pyridine rings is 1. The first-order valence-electron chi connectivity index (χ1n) is 9.73. The average molecular weight is 482 g/mol. The van der Waals surface area contributed by atoms with Crippen LogP contribution >= 0.6 is 47.2 Å². The van der Waals surface area contributed by atoms with E-state index in [1.165, 1.54) is 11.8 Å². The number of carbonyl (C=O) groups excluding carboxylic acids is 1. The largest absolute Gasteiger partial charge is 0.356 e. The summed E-state index contributed by atoms with van der Waals surface area (Å²) in [6, 6.07) is 10.4. The molecule has 9 heteroatoms. The number of thioether (sulfide) groups is 1. The molecule has 2 aliphatic rings. The number of likely N-dealkylation sites (tertiary alicyclic amines) is 1. The van der Waals surface area contributed by atoms with Crippen LogP contribution in [0.15, 0.2) is 41.2 Å². The summed E-state index contributed by atoms with van der Waals surface area (Å²) in [5, 5.41) is 3.38. The molecule has 0 aliphatic carbocycles. The van der Waals surface area contributed by atoms with Gasteiger partial charge in [0.05, 0.1) is 16.0 Å². The zero-order valence-corrected chi connectivity index (χ0v) is 19.5. The molecule has 1 N–H and O–H groups in total. The monoisotopic (exact) mass is 481 g/mol. The van der Waals surface area contributed by atoms with Crippen LogP contribution in [0.4, 0.5) is 5.69 Å². The lowest BCUT2D eigenvalue weighted by Crippen LogP contribution is -2.48. The van der Waals surface area contributed by atoms with E-state index in [2.05, 4.69) is 10.2 Å². The lowest BCUT2D eigenvalue weighted by Gasteiger charge is -2.43. The summed E-state index contributed by atoms with van der Waals surface area (Å²) in [7, 11) is 0. The molecule has 1 aromatic heterocycles. The van der Waals surface area contributed by atoms with Crippen LogP contribution in [0.3, 0.4) is 0 Å². The summed E-state index contributed by atoms with van der Waals surface area (Å²) in [4.78, 5) is 27.0. The van der Waals surface area contributed by atoms with Gasteiger partial charge in [0, 0.05) is 42.3 Å². The minimum absolute atomic E-state index is 0.0683. The average Bonchev–Trinajstić information content (AvgIpc) is 2.70. The molecule has 0 radical (unpaired) electrons. The first kappa shape index (κ1) is 21.7. The van der Waals surface area contributed by atoms with E-state index in [0.717, 1.165) is 31.7 Å². The summed E-state index contributed by atoms with van der Waals surface area (Å²) in [6.07, 6.45) is 1.07. The summed E-state index contributed by atoms with van der Waals surface area (Å²) < 4.78 is 2.61. The quantitative estimate of drug-likeness (QED) is 0.648. The van der Waals surface area contributed by atoms with Gasteiger partial charge in [0.25, 0.3) is 5.56 Å². The molecule has 0 saturated carbocycles. The minimum Gasteiger partial charge on any atom is -0.356 e. The van der Waals surface area contributed by atoms with Crippen molar-refractivity contribution < 1.29 is 4.79 Å². The van der Waals surface area contributed by atoms with Gasteiger partial charge in [-0.3, -0.25) is 9.59 Å². The molecule has 0 unspecified atom stereocenters. The second-order valence-electron chi connectivity index (χ2n) is 7.74. The fourth-order valence-corrected chi connectivity index (χ4v) is 5.95. The van der Waals surface area contributed by atoms with E-state index in [1.807, 2.05) is 23.6 Å². The third-order valence-corrected chi connectivity index (χ3v) is 7.70. The van der Waals surface area contributed by atoms with Gasteiger partial charge in [-0.15, -0.1) is 0 Å². The van der Waals surface area contributed by atoms with E-state index in [-0.39, 0.29) is 22.6 Å². The number of nitrogens with zero attached hydrogens (tertiary/aromatic N) is 2.